The van der Waals surface area contributed by atoms with E-state index in [4.69, 9.17) is 14.2 Å². The molecule has 2 bridgehead atoms. The molecule has 4 N–H and O–H groups in total. The Bertz CT molecular complexity index is 1130. The molecule has 36 heavy (non-hydrogen) atoms. The second kappa shape index (κ2) is 7.62. The van der Waals surface area contributed by atoms with E-state index >= 15 is 0 Å². The summed E-state index contributed by atoms with van der Waals surface area (Å²) in [7, 11) is 0. The molecule has 5 aliphatic rings. The Morgan fingerprint density at radius 1 is 1.17 bits per heavy atom. The molecule has 4 fully saturated rings. The number of aliphatic hydroxyl groups excluding tert-OH is 3. The number of carbonyl (C=O) groups excluding carboxylic acids is 3. The number of ketones is 1. The van der Waals surface area contributed by atoms with Crippen LogP contribution in [-0.4, -0.2) is 80.7 Å². The number of allylic oxidation sites excluding steroid dienone is 3. The van der Waals surface area contributed by atoms with Crippen molar-refractivity contribution in [2.75, 3.05) is 6.61 Å². The molecule has 196 valence electrons. The van der Waals surface area contributed by atoms with Crippen LogP contribution < -0.4 is 0 Å². The van der Waals surface area contributed by atoms with Crippen molar-refractivity contribution in [2.24, 2.45) is 28.6 Å². The molecule has 0 amide bonds. The van der Waals surface area contributed by atoms with Crippen LogP contribution in [0.1, 0.15) is 40.5 Å². The summed E-state index contributed by atoms with van der Waals surface area (Å²) in [4.78, 5) is 51.3. The molecule has 2 aliphatic heterocycles. The van der Waals surface area contributed by atoms with Gasteiger partial charge in [-0.2, -0.15) is 0 Å². The average Bonchev–Trinajstić information content (AvgIpc) is 3.08. The second-order valence-electron chi connectivity index (χ2n) is 11.3. The third-order valence-corrected chi connectivity index (χ3v) is 9.32. The van der Waals surface area contributed by atoms with Gasteiger partial charge in [0.05, 0.1) is 18.6 Å². The van der Waals surface area contributed by atoms with Gasteiger partial charge in [0.15, 0.2) is 11.5 Å². The number of carboxylic acids is 1. The van der Waals surface area contributed by atoms with E-state index in [-0.39, 0.29) is 25.2 Å². The predicted octanol–water partition coefficient (Wildman–Crippen LogP) is 0.429. The summed E-state index contributed by atoms with van der Waals surface area (Å²) < 4.78 is 17.1. The first kappa shape index (κ1) is 24.9. The van der Waals surface area contributed by atoms with Crippen molar-refractivity contribution in [1.29, 1.82) is 0 Å². The number of esters is 2. The Morgan fingerprint density at radius 3 is 2.44 bits per heavy atom. The van der Waals surface area contributed by atoms with E-state index in [1.165, 1.54) is 0 Å². The number of ether oxygens (including phenoxy) is 3. The molecule has 1 unspecified atom stereocenters. The molecule has 11 heteroatoms. The Hall–Kier alpha value is -2.76. The number of aliphatic hydroxyl groups is 3. The SMILES string of the molecule is CC(C)=CC(=O)OC1C(=O)O[C@@H]2C[C@H]3C(C)=C(O)C(=O)C[C@]3(C)[C@H]3[C@@H](O)[C@H](O)[C@@]4(C(=O)O)OC[C@]32[C@@H]14. The van der Waals surface area contributed by atoms with Crippen LogP contribution in [0.25, 0.3) is 0 Å². The van der Waals surface area contributed by atoms with Gasteiger partial charge >= 0.3 is 17.9 Å². The van der Waals surface area contributed by atoms with Gasteiger partial charge in [-0.05, 0) is 44.1 Å². The van der Waals surface area contributed by atoms with Crippen LogP contribution in [0.15, 0.2) is 23.0 Å². The lowest BCUT2D eigenvalue weighted by Gasteiger charge is -2.67. The van der Waals surface area contributed by atoms with Crippen LogP contribution in [0.2, 0.25) is 0 Å². The maximum atomic E-state index is 13.2. The number of hydrogen-bond donors (Lipinski definition) is 4. The zero-order chi connectivity index (χ0) is 26.5. The van der Waals surface area contributed by atoms with Crippen molar-refractivity contribution in [3.8, 4) is 0 Å². The molecule has 0 aromatic heterocycles. The molecule has 2 heterocycles. The van der Waals surface area contributed by atoms with Crippen LogP contribution in [0.3, 0.4) is 0 Å². The van der Waals surface area contributed by atoms with Gasteiger partial charge in [-0.25, -0.2) is 14.4 Å². The summed E-state index contributed by atoms with van der Waals surface area (Å²) in [5.41, 5.74) is -3.90. The molecule has 3 aliphatic carbocycles. The van der Waals surface area contributed by atoms with Crippen LogP contribution in [0.4, 0.5) is 0 Å². The highest BCUT2D eigenvalue weighted by atomic mass is 16.6. The number of rotatable bonds is 3. The second-order valence-corrected chi connectivity index (χ2v) is 11.3. The summed E-state index contributed by atoms with van der Waals surface area (Å²) in [5, 5.41) is 43.5. The Labute approximate surface area is 206 Å². The maximum absolute atomic E-state index is 13.2. The molecule has 11 nitrogen and oxygen atoms in total. The molecule has 1 spiro atoms. The molecule has 2 saturated heterocycles. The Kier molecular flexibility index (Phi) is 5.28. The number of Topliss-reactive ketones (excluding diaryl/α,β-unsaturated/α-hetero) is 1. The standard InChI is InChI=1S/C25H30O11/c1-9(2)5-14(27)36-17-19-24-8-34-25(19,22(32)33)20(30)16(29)18(24)23(4)7-12(26)15(28)10(3)11(23)6-13(24)35-21(17)31/h5,11,13,16-20,28-30H,6-8H2,1-4H3,(H,32,33)/t11-,13+,16+,17?,18+,19+,20-,23-,24+,25-/m0/s1. The zero-order valence-corrected chi connectivity index (χ0v) is 20.4. The van der Waals surface area contributed by atoms with Crippen molar-refractivity contribution in [2.45, 2.75) is 70.6 Å². The van der Waals surface area contributed by atoms with Crippen LogP contribution >= 0.6 is 0 Å². The van der Waals surface area contributed by atoms with Crippen LogP contribution in [-0.2, 0) is 33.4 Å². The highest BCUT2D eigenvalue weighted by Crippen LogP contribution is 2.72. The summed E-state index contributed by atoms with van der Waals surface area (Å²) in [5.74, 6) is -7.26. The lowest BCUT2D eigenvalue weighted by atomic mass is 9.38. The van der Waals surface area contributed by atoms with E-state index in [0.29, 0.717) is 11.1 Å². The van der Waals surface area contributed by atoms with Crippen molar-refractivity contribution in [3.05, 3.63) is 23.0 Å². The third-order valence-electron chi connectivity index (χ3n) is 9.32. The van der Waals surface area contributed by atoms with E-state index in [2.05, 4.69) is 0 Å². The van der Waals surface area contributed by atoms with Crippen LogP contribution in [0, 0.1) is 28.6 Å². The number of carbonyl (C=O) groups is 4. The first-order valence-electron chi connectivity index (χ1n) is 12.0. The van der Waals surface area contributed by atoms with Gasteiger partial charge in [-0.15, -0.1) is 0 Å². The lowest BCUT2D eigenvalue weighted by Crippen LogP contribution is -2.79. The fourth-order valence-electron chi connectivity index (χ4n) is 8.11. The van der Waals surface area contributed by atoms with Gasteiger partial charge in [0.2, 0.25) is 11.7 Å². The molecular formula is C25H30O11. The number of hydrogen-bond acceptors (Lipinski definition) is 10. The fraction of sp³-hybridized carbons (Fsp3) is 0.680. The smallest absolute Gasteiger partial charge is 0.348 e. The van der Waals surface area contributed by atoms with E-state index in [9.17, 15) is 39.6 Å². The van der Waals surface area contributed by atoms with Gasteiger partial charge < -0.3 is 34.6 Å². The zero-order valence-electron chi connectivity index (χ0n) is 20.4. The van der Waals surface area contributed by atoms with Gasteiger partial charge in [0, 0.05) is 23.8 Å². The summed E-state index contributed by atoms with van der Waals surface area (Å²) in [6.07, 6.45) is -5.26. The predicted molar refractivity (Wildman–Crippen MR) is 118 cm³/mol. The largest absolute Gasteiger partial charge is 0.504 e. The summed E-state index contributed by atoms with van der Waals surface area (Å²) >= 11 is 0. The van der Waals surface area contributed by atoms with Crippen molar-refractivity contribution in [3.63, 3.8) is 0 Å². The van der Waals surface area contributed by atoms with Gasteiger partial charge in [-0.1, -0.05) is 12.5 Å². The molecule has 0 aromatic rings. The molecule has 0 radical (unpaired) electrons. The van der Waals surface area contributed by atoms with Gasteiger partial charge in [0.25, 0.3) is 0 Å². The molecule has 10 atom stereocenters. The first-order valence-corrected chi connectivity index (χ1v) is 12.0. The summed E-state index contributed by atoms with van der Waals surface area (Å²) in [6, 6.07) is 0. The topological polar surface area (TPSA) is 177 Å². The fourth-order valence-corrected chi connectivity index (χ4v) is 8.11. The first-order chi connectivity index (χ1) is 16.7. The molecule has 2 saturated carbocycles. The van der Waals surface area contributed by atoms with Crippen molar-refractivity contribution >= 4 is 23.7 Å². The Balaban J connectivity index is 1.73. The minimum atomic E-state index is -2.45. The minimum absolute atomic E-state index is 0.134. The molecular weight excluding hydrogens is 476 g/mol. The molecule has 5 rings (SSSR count). The minimum Gasteiger partial charge on any atom is -0.504 e. The number of aliphatic carboxylic acids is 1. The van der Waals surface area contributed by atoms with Crippen LogP contribution in [0.5, 0.6) is 0 Å². The Morgan fingerprint density at radius 2 is 1.83 bits per heavy atom. The van der Waals surface area contributed by atoms with E-state index in [0.717, 1.165) is 6.08 Å². The van der Waals surface area contributed by atoms with Crippen molar-refractivity contribution in [1.82, 2.24) is 0 Å². The molecule has 0 aromatic carbocycles. The van der Waals surface area contributed by atoms with E-state index < -0.39 is 82.3 Å². The van der Waals surface area contributed by atoms with Crippen molar-refractivity contribution < 1.29 is 53.8 Å². The lowest BCUT2D eigenvalue weighted by molar-refractivity contribution is -0.289. The van der Waals surface area contributed by atoms with Gasteiger partial charge in [-0.3, -0.25) is 4.79 Å². The highest BCUT2D eigenvalue weighted by Gasteiger charge is 2.85. The van der Waals surface area contributed by atoms with E-state index in [1.54, 1.807) is 27.7 Å². The average molecular weight is 507 g/mol. The number of carboxylic acid groups (broad SMARTS) is 1. The monoisotopic (exact) mass is 506 g/mol. The maximum Gasteiger partial charge on any atom is 0.348 e. The number of fused-ring (bicyclic) bond motifs is 2. The third kappa shape index (κ3) is 2.79. The summed E-state index contributed by atoms with van der Waals surface area (Å²) in [6.45, 7) is 6.33. The van der Waals surface area contributed by atoms with E-state index in [1.807, 2.05) is 0 Å². The van der Waals surface area contributed by atoms with Gasteiger partial charge in [0.1, 0.15) is 12.2 Å². The highest BCUT2D eigenvalue weighted by molar-refractivity contribution is 5.95. The quantitative estimate of drug-likeness (QED) is 0.308. The normalized spacial score (nSPS) is 46.9.